The number of nitrogens with one attached hydrogen (secondary N) is 1. The summed E-state index contributed by atoms with van der Waals surface area (Å²) < 4.78 is 0. The first-order valence-electron chi connectivity index (χ1n) is 5.12. The third-order valence-electron chi connectivity index (χ3n) is 2.60. The fourth-order valence-electron chi connectivity index (χ4n) is 0.940. The van der Waals surface area contributed by atoms with Crippen LogP contribution in [0.2, 0.25) is 0 Å². The Morgan fingerprint density at radius 1 is 1.38 bits per heavy atom. The predicted octanol–water partition coefficient (Wildman–Crippen LogP) is 2.67. The zero-order chi connectivity index (χ0) is 10.3. The summed E-state index contributed by atoms with van der Waals surface area (Å²) in [6.07, 6.45) is 7.14. The Bertz CT molecular complexity index is 159. The third-order valence-corrected chi connectivity index (χ3v) is 2.60. The van der Waals surface area contributed by atoms with Gasteiger partial charge in [-0.05, 0) is 30.8 Å². The molecule has 0 aliphatic rings. The molecule has 0 fully saturated rings. The van der Waals surface area contributed by atoms with Crippen LogP contribution in [0, 0.1) is 23.7 Å². The van der Waals surface area contributed by atoms with Crippen molar-refractivity contribution in [3.8, 4) is 12.3 Å². The van der Waals surface area contributed by atoms with E-state index in [2.05, 4.69) is 38.9 Å². The van der Waals surface area contributed by atoms with Crippen molar-refractivity contribution in [2.75, 3.05) is 13.1 Å². The molecule has 0 heterocycles. The summed E-state index contributed by atoms with van der Waals surface area (Å²) in [5.41, 5.74) is 0.402. The molecule has 13 heavy (non-hydrogen) atoms. The summed E-state index contributed by atoms with van der Waals surface area (Å²) in [7, 11) is 0. The van der Waals surface area contributed by atoms with Crippen LogP contribution >= 0.6 is 0 Å². The van der Waals surface area contributed by atoms with Gasteiger partial charge in [0.05, 0.1) is 0 Å². The molecule has 1 heteroatoms. The van der Waals surface area contributed by atoms with Gasteiger partial charge >= 0.3 is 0 Å². The van der Waals surface area contributed by atoms with Gasteiger partial charge in [-0.25, -0.2) is 0 Å². The zero-order valence-corrected chi connectivity index (χ0v) is 9.48. The molecule has 0 saturated carbocycles. The van der Waals surface area contributed by atoms with Gasteiger partial charge in [0.25, 0.3) is 0 Å². The Labute approximate surface area is 83.3 Å². The number of terminal acetylenes is 1. The monoisotopic (exact) mass is 181 g/mol. The minimum atomic E-state index is 0.402. The first-order chi connectivity index (χ1) is 5.98. The molecule has 0 bridgehead atoms. The normalized spacial score (nSPS) is 13.8. The summed E-state index contributed by atoms with van der Waals surface area (Å²) in [5.74, 6) is 3.35. The Morgan fingerprint density at radius 2 is 2.00 bits per heavy atom. The molecule has 0 rings (SSSR count). The second-order valence-electron chi connectivity index (χ2n) is 4.78. The summed E-state index contributed by atoms with van der Waals surface area (Å²) >= 11 is 0. The highest BCUT2D eigenvalue weighted by Crippen LogP contribution is 2.24. The van der Waals surface area contributed by atoms with E-state index < -0.39 is 0 Å². The molecule has 0 spiro atoms. The molecule has 0 saturated heterocycles. The van der Waals surface area contributed by atoms with Crippen molar-refractivity contribution in [1.82, 2.24) is 5.32 Å². The third kappa shape index (κ3) is 6.66. The highest BCUT2D eigenvalue weighted by molar-refractivity contribution is 4.83. The van der Waals surface area contributed by atoms with Crippen LogP contribution in [0.4, 0.5) is 0 Å². The molecular weight excluding hydrogens is 158 g/mol. The molecule has 1 nitrogen and oxygen atoms in total. The molecular formula is C12H23N. The van der Waals surface area contributed by atoms with Crippen LogP contribution in [-0.4, -0.2) is 13.1 Å². The average molecular weight is 181 g/mol. The lowest BCUT2D eigenvalue weighted by Crippen LogP contribution is -2.30. The minimum absolute atomic E-state index is 0.402. The van der Waals surface area contributed by atoms with Gasteiger partial charge in [0.1, 0.15) is 0 Å². The molecule has 1 unspecified atom stereocenters. The van der Waals surface area contributed by atoms with Crippen molar-refractivity contribution in [3.63, 3.8) is 0 Å². The van der Waals surface area contributed by atoms with Crippen molar-refractivity contribution < 1.29 is 0 Å². The second-order valence-corrected chi connectivity index (χ2v) is 4.78. The van der Waals surface area contributed by atoms with Crippen molar-refractivity contribution in [2.45, 2.75) is 40.5 Å². The first-order valence-corrected chi connectivity index (χ1v) is 5.12. The summed E-state index contributed by atoms with van der Waals surface area (Å²) in [6.45, 7) is 11.3. The Morgan fingerprint density at radius 3 is 2.46 bits per heavy atom. The van der Waals surface area contributed by atoms with E-state index in [1.807, 2.05) is 0 Å². The van der Waals surface area contributed by atoms with E-state index in [9.17, 15) is 0 Å². The largest absolute Gasteiger partial charge is 0.316 e. The van der Waals surface area contributed by atoms with E-state index in [-0.39, 0.29) is 0 Å². The lowest BCUT2D eigenvalue weighted by atomic mass is 9.82. The molecule has 0 amide bonds. The highest BCUT2D eigenvalue weighted by atomic mass is 14.9. The first kappa shape index (κ1) is 12.5. The van der Waals surface area contributed by atoms with Gasteiger partial charge in [-0.3, -0.25) is 0 Å². The summed E-state index contributed by atoms with van der Waals surface area (Å²) in [5, 5.41) is 3.43. The second kappa shape index (κ2) is 6.05. The van der Waals surface area contributed by atoms with Gasteiger partial charge in [-0.1, -0.05) is 27.7 Å². The van der Waals surface area contributed by atoms with E-state index in [1.54, 1.807) is 0 Å². The Kier molecular flexibility index (Phi) is 5.82. The topological polar surface area (TPSA) is 12.0 Å². The molecule has 0 radical (unpaired) electrons. The van der Waals surface area contributed by atoms with Crippen LogP contribution in [0.15, 0.2) is 0 Å². The minimum Gasteiger partial charge on any atom is -0.316 e. The number of rotatable bonds is 5. The maximum Gasteiger partial charge on any atom is 0.00981 e. The molecule has 1 N–H and O–H groups in total. The molecule has 0 aromatic carbocycles. The van der Waals surface area contributed by atoms with Crippen molar-refractivity contribution in [3.05, 3.63) is 0 Å². The van der Waals surface area contributed by atoms with Gasteiger partial charge in [0.2, 0.25) is 0 Å². The maximum atomic E-state index is 5.16. The standard InChI is InChI=1S/C12H23N/c1-6-7-8-9-13-10-11(2)12(3,4)5/h1,11,13H,7-10H2,2-5H3. The molecule has 0 aliphatic carbocycles. The fraction of sp³-hybridized carbons (Fsp3) is 0.833. The smallest absolute Gasteiger partial charge is 0.00981 e. The van der Waals surface area contributed by atoms with Gasteiger partial charge in [0.15, 0.2) is 0 Å². The quantitative estimate of drug-likeness (QED) is 0.508. The Balaban J connectivity index is 3.39. The maximum absolute atomic E-state index is 5.16. The van der Waals surface area contributed by atoms with Crippen LogP contribution in [-0.2, 0) is 0 Å². The lowest BCUT2D eigenvalue weighted by Gasteiger charge is -2.27. The van der Waals surface area contributed by atoms with Crippen molar-refractivity contribution in [1.29, 1.82) is 0 Å². The SMILES string of the molecule is C#CCCCNCC(C)C(C)(C)C. The molecule has 0 aromatic heterocycles. The number of hydrogen-bond donors (Lipinski definition) is 1. The van der Waals surface area contributed by atoms with E-state index in [0.29, 0.717) is 11.3 Å². The summed E-state index contributed by atoms with van der Waals surface area (Å²) in [4.78, 5) is 0. The predicted molar refractivity (Wildman–Crippen MR) is 59.6 cm³/mol. The van der Waals surface area contributed by atoms with Gasteiger partial charge in [-0.15, -0.1) is 12.3 Å². The van der Waals surface area contributed by atoms with Gasteiger partial charge in [0, 0.05) is 6.42 Å². The van der Waals surface area contributed by atoms with Crippen molar-refractivity contribution >= 4 is 0 Å². The van der Waals surface area contributed by atoms with E-state index >= 15 is 0 Å². The summed E-state index contributed by atoms with van der Waals surface area (Å²) in [6, 6.07) is 0. The van der Waals surface area contributed by atoms with Gasteiger partial charge in [-0.2, -0.15) is 0 Å². The molecule has 76 valence electrons. The van der Waals surface area contributed by atoms with Crippen LogP contribution < -0.4 is 5.32 Å². The van der Waals surface area contributed by atoms with E-state index in [0.717, 1.165) is 25.9 Å². The van der Waals surface area contributed by atoms with Crippen molar-refractivity contribution in [2.24, 2.45) is 11.3 Å². The highest BCUT2D eigenvalue weighted by Gasteiger charge is 2.18. The van der Waals surface area contributed by atoms with Crippen LogP contribution in [0.3, 0.4) is 0 Å². The average Bonchev–Trinajstić information content (AvgIpc) is 2.02. The lowest BCUT2D eigenvalue weighted by molar-refractivity contribution is 0.253. The van der Waals surface area contributed by atoms with Crippen LogP contribution in [0.5, 0.6) is 0 Å². The number of unbranched alkanes of at least 4 members (excludes halogenated alkanes) is 1. The van der Waals surface area contributed by atoms with E-state index in [1.165, 1.54) is 0 Å². The van der Waals surface area contributed by atoms with Crippen LogP contribution in [0.1, 0.15) is 40.5 Å². The Hall–Kier alpha value is -0.480. The fourth-order valence-corrected chi connectivity index (χ4v) is 0.940. The molecule has 1 atom stereocenters. The van der Waals surface area contributed by atoms with Gasteiger partial charge < -0.3 is 5.32 Å². The van der Waals surface area contributed by atoms with Crippen LogP contribution in [0.25, 0.3) is 0 Å². The molecule has 0 aromatic rings. The van der Waals surface area contributed by atoms with E-state index in [4.69, 9.17) is 6.42 Å². The number of hydrogen-bond acceptors (Lipinski definition) is 1. The zero-order valence-electron chi connectivity index (χ0n) is 9.48. The molecule has 0 aliphatic heterocycles.